The van der Waals surface area contributed by atoms with Gasteiger partial charge in [0.2, 0.25) is 11.8 Å². The quantitative estimate of drug-likeness (QED) is 0.556. The van der Waals surface area contributed by atoms with Crippen LogP contribution in [0.1, 0.15) is 31.5 Å². The van der Waals surface area contributed by atoms with Crippen LogP contribution < -0.4 is 5.56 Å². The minimum Gasteiger partial charge on any atom is -0.423 e. The van der Waals surface area contributed by atoms with Crippen molar-refractivity contribution in [3.05, 3.63) is 58.8 Å². The Bertz CT molecular complexity index is 1080. The van der Waals surface area contributed by atoms with Gasteiger partial charge in [0.1, 0.15) is 12.9 Å². The molecule has 4 rings (SSSR count). The molecule has 0 amide bonds. The van der Waals surface area contributed by atoms with E-state index >= 15 is 0 Å². The molecular formula is C16H15N7O2. The van der Waals surface area contributed by atoms with Crippen molar-refractivity contribution >= 4 is 11.2 Å². The molecule has 0 spiro atoms. The van der Waals surface area contributed by atoms with Crippen molar-refractivity contribution in [1.82, 2.24) is 34.7 Å². The van der Waals surface area contributed by atoms with Gasteiger partial charge in [-0.25, -0.2) is 4.98 Å². The normalized spacial score (nSPS) is 11.5. The smallest absolute Gasteiger partial charge is 0.284 e. The minimum atomic E-state index is -0.309. The van der Waals surface area contributed by atoms with Crippen molar-refractivity contribution in [3.63, 3.8) is 0 Å². The summed E-state index contributed by atoms with van der Waals surface area (Å²) in [6.45, 7) is 4.05. The molecule has 3 aromatic heterocycles. The van der Waals surface area contributed by atoms with Crippen molar-refractivity contribution in [2.24, 2.45) is 0 Å². The Hall–Kier alpha value is -3.36. The van der Waals surface area contributed by atoms with E-state index in [-0.39, 0.29) is 23.5 Å². The molecule has 0 aliphatic carbocycles. The maximum Gasteiger partial charge on any atom is 0.284 e. The highest BCUT2D eigenvalue weighted by molar-refractivity contribution is 5.70. The molecule has 0 N–H and O–H groups in total. The van der Waals surface area contributed by atoms with Crippen LogP contribution in [0, 0.1) is 0 Å². The summed E-state index contributed by atoms with van der Waals surface area (Å²) in [6, 6.07) is 9.40. The average molecular weight is 337 g/mol. The Kier molecular flexibility index (Phi) is 3.60. The molecule has 1 aromatic carbocycles. The van der Waals surface area contributed by atoms with Gasteiger partial charge in [-0.3, -0.25) is 9.36 Å². The molecular weight excluding hydrogens is 322 g/mol. The predicted molar refractivity (Wildman–Crippen MR) is 88.4 cm³/mol. The molecule has 4 aromatic rings. The molecule has 0 bridgehead atoms. The Balaban J connectivity index is 1.72. The van der Waals surface area contributed by atoms with Crippen LogP contribution in [-0.2, 0) is 6.54 Å². The summed E-state index contributed by atoms with van der Waals surface area (Å²) in [7, 11) is 0. The number of hydrogen-bond donors (Lipinski definition) is 0. The molecule has 126 valence electrons. The minimum absolute atomic E-state index is 0.129. The monoisotopic (exact) mass is 337 g/mol. The number of nitrogens with zero attached hydrogens (tertiary/aromatic N) is 7. The Morgan fingerprint density at radius 1 is 1.12 bits per heavy atom. The molecule has 0 aliphatic rings. The zero-order valence-corrected chi connectivity index (χ0v) is 13.7. The van der Waals surface area contributed by atoms with Gasteiger partial charge in [-0.05, 0) is 12.1 Å². The van der Waals surface area contributed by atoms with Crippen LogP contribution in [0.5, 0.6) is 0 Å². The van der Waals surface area contributed by atoms with Gasteiger partial charge in [-0.2, -0.15) is 4.68 Å². The SMILES string of the molecule is CC(C)c1nnc(Cn2cnc3c(nnn3-c3ccccc3)c2=O)o1. The largest absolute Gasteiger partial charge is 0.423 e. The zero-order valence-electron chi connectivity index (χ0n) is 13.7. The maximum atomic E-state index is 12.6. The number of hydrogen-bond acceptors (Lipinski definition) is 7. The molecule has 0 atom stereocenters. The van der Waals surface area contributed by atoms with E-state index in [0.717, 1.165) is 5.69 Å². The predicted octanol–water partition coefficient (Wildman–Crippen LogP) is 1.53. The van der Waals surface area contributed by atoms with Gasteiger partial charge < -0.3 is 4.42 Å². The molecule has 0 unspecified atom stereocenters. The summed E-state index contributed by atoms with van der Waals surface area (Å²) in [5, 5.41) is 15.9. The highest BCUT2D eigenvalue weighted by Crippen LogP contribution is 2.13. The van der Waals surface area contributed by atoms with Gasteiger partial charge in [0.15, 0.2) is 11.2 Å². The summed E-state index contributed by atoms with van der Waals surface area (Å²) in [6.07, 6.45) is 1.44. The van der Waals surface area contributed by atoms with Gasteiger partial charge >= 0.3 is 0 Å². The number of fused-ring (bicyclic) bond motifs is 1. The van der Waals surface area contributed by atoms with Crippen LogP contribution in [0.3, 0.4) is 0 Å². The first-order chi connectivity index (χ1) is 12.1. The molecule has 0 radical (unpaired) electrons. The topological polar surface area (TPSA) is 105 Å². The van der Waals surface area contributed by atoms with Crippen molar-refractivity contribution in [3.8, 4) is 5.69 Å². The summed E-state index contributed by atoms with van der Waals surface area (Å²) in [5.41, 5.74) is 1.07. The lowest BCUT2D eigenvalue weighted by Gasteiger charge is -2.03. The first-order valence-corrected chi connectivity index (χ1v) is 7.82. The first-order valence-electron chi connectivity index (χ1n) is 7.82. The summed E-state index contributed by atoms with van der Waals surface area (Å²) >= 11 is 0. The molecule has 0 saturated heterocycles. The second-order valence-electron chi connectivity index (χ2n) is 5.88. The van der Waals surface area contributed by atoms with Crippen LogP contribution >= 0.6 is 0 Å². The van der Waals surface area contributed by atoms with Crippen LogP contribution in [-0.4, -0.2) is 34.7 Å². The van der Waals surface area contributed by atoms with Gasteiger partial charge in [0, 0.05) is 5.92 Å². The number of para-hydroxylation sites is 1. The highest BCUT2D eigenvalue weighted by Gasteiger charge is 2.15. The van der Waals surface area contributed by atoms with E-state index in [9.17, 15) is 4.79 Å². The third-order valence-corrected chi connectivity index (χ3v) is 3.71. The van der Waals surface area contributed by atoms with E-state index in [1.54, 1.807) is 0 Å². The van der Waals surface area contributed by atoms with E-state index < -0.39 is 0 Å². The fourth-order valence-electron chi connectivity index (χ4n) is 2.41. The van der Waals surface area contributed by atoms with Crippen molar-refractivity contribution in [2.45, 2.75) is 26.3 Å². The van der Waals surface area contributed by atoms with E-state index in [1.807, 2.05) is 44.2 Å². The molecule has 0 aliphatic heterocycles. The molecule has 9 heteroatoms. The van der Waals surface area contributed by atoms with Gasteiger partial charge in [-0.15, -0.1) is 15.3 Å². The van der Waals surface area contributed by atoms with Crippen molar-refractivity contribution in [2.75, 3.05) is 0 Å². The summed E-state index contributed by atoms with van der Waals surface area (Å²) in [5.74, 6) is 1.01. The lowest BCUT2D eigenvalue weighted by atomic mass is 10.2. The Labute approximate surface area is 141 Å². The van der Waals surface area contributed by atoms with Crippen LogP contribution in [0.25, 0.3) is 16.9 Å². The van der Waals surface area contributed by atoms with Crippen LogP contribution in [0.4, 0.5) is 0 Å². The number of benzene rings is 1. The molecule has 25 heavy (non-hydrogen) atoms. The van der Waals surface area contributed by atoms with Gasteiger partial charge in [0.05, 0.1) is 5.69 Å². The third-order valence-electron chi connectivity index (χ3n) is 3.71. The average Bonchev–Trinajstić information content (AvgIpc) is 3.25. The summed E-state index contributed by atoms with van der Waals surface area (Å²) in [4.78, 5) is 17.0. The van der Waals surface area contributed by atoms with Crippen LogP contribution in [0.15, 0.2) is 45.9 Å². The fraction of sp³-hybridized carbons (Fsp3) is 0.250. The Morgan fingerprint density at radius 3 is 2.64 bits per heavy atom. The molecule has 0 saturated carbocycles. The number of rotatable bonds is 4. The number of aromatic nitrogens is 7. The first kappa shape index (κ1) is 15.2. The van der Waals surface area contributed by atoms with Gasteiger partial charge in [0.25, 0.3) is 5.56 Å². The van der Waals surface area contributed by atoms with Gasteiger partial charge in [-0.1, -0.05) is 37.3 Å². The lowest BCUT2D eigenvalue weighted by Crippen LogP contribution is -2.21. The molecule has 0 fully saturated rings. The third kappa shape index (κ3) is 2.69. The van der Waals surface area contributed by atoms with E-state index in [4.69, 9.17) is 4.42 Å². The summed E-state index contributed by atoms with van der Waals surface area (Å²) < 4.78 is 8.45. The van der Waals surface area contributed by atoms with E-state index in [0.29, 0.717) is 17.4 Å². The molecule has 3 heterocycles. The molecule has 9 nitrogen and oxygen atoms in total. The highest BCUT2D eigenvalue weighted by atomic mass is 16.4. The van der Waals surface area contributed by atoms with Crippen molar-refractivity contribution in [1.29, 1.82) is 0 Å². The fourth-order valence-corrected chi connectivity index (χ4v) is 2.41. The van der Waals surface area contributed by atoms with Crippen LogP contribution in [0.2, 0.25) is 0 Å². The van der Waals surface area contributed by atoms with E-state index in [2.05, 4.69) is 25.5 Å². The second kappa shape index (κ2) is 5.93. The Morgan fingerprint density at radius 2 is 1.92 bits per heavy atom. The zero-order chi connectivity index (χ0) is 17.4. The standard InChI is InChI=1S/C16H15N7O2/c1-10(2)15-20-18-12(25-15)8-22-9-17-14-13(16(22)24)19-21-23(14)11-6-4-3-5-7-11/h3-7,9-10H,8H2,1-2H3. The second-order valence-corrected chi connectivity index (χ2v) is 5.88. The van der Waals surface area contributed by atoms with E-state index in [1.165, 1.54) is 15.6 Å². The maximum absolute atomic E-state index is 12.6. The lowest BCUT2D eigenvalue weighted by molar-refractivity contribution is 0.420. The van der Waals surface area contributed by atoms with Crippen molar-refractivity contribution < 1.29 is 4.42 Å².